The van der Waals surface area contributed by atoms with Gasteiger partial charge in [-0.15, -0.1) is 10.2 Å². The van der Waals surface area contributed by atoms with E-state index in [0.717, 1.165) is 16.2 Å². The molecule has 17 heavy (non-hydrogen) atoms. The molecule has 1 heterocycles. The molecule has 1 aromatic heterocycles. The lowest BCUT2D eigenvalue weighted by Gasteiger charge is -1.96. The van der Waals surface area contributed by atoms with Gasteiger partial charge in [0.2, 0.25) is 5.95 Å². The van der Waals surface area contributed by atoms with Gasteiger partial charge in [-0.05, 0) is 17.7 Å². The lowest BCUT2D eigenvalue weighted by atomic mass is 10.2. The van der Waals surface area contributed by atoms with Crippen molar-refractivity contribution in [1.82, 2.24) is 15.2 Å². The van der Waals surface area contributed by atoms with Crippen LogP contribution in [0.15, 0.2) is 44.8 Å². The first-order valence-electron chi connectivity index (χ1n) is 4.71. The van der Waals surface area contributed by atoms with Gasteiger partial charge in [0.15, 0.2) is 0 Å². The van der Waals surface area contributed by atoms with Gasteiger partial charge in [0.1, 0.15) is 6.20 Å². The minimum absolute atomic E-state index is 0.200. The highest BCUT2D eigenvalue weighted by Gasteiger charge is 1.92. The second-order valence-electron chi connectivity index (χ2n) is 3.10. The van der Waals surface area contributed by atoms with Crippen LogP contribution in [0.3, 0.4) is 0 Å². The van der Waals surface area contributed by atoms with Gasteiger partial charge in [-0.2, -0.15) is 5.10 Å². The Bertz CT molecular complexity index is 578. The van der Waals surface area contributed by atoms with Gasteiger partial charge in [0.25, 0.3) is 5.56 Å². The number of aromatic amines is 1. The van der Waals surface area contributed by atoms with Crippen molar-refractivity contribution in [1.29, 1.82) is 0 Å². The van der Waals surface area contributed by atoms with Crippen LogP contribution in [0.25, 0.3) is 0 Å². The van der Waals surface area contributed by atoms with Crippen molar-refractivity contribution < 1.29 is 0 Å². The average Bonchev–Trinajstić information content (AvgIpc) is 2.32. The van der Waals surface area contributed by atoms with E-state index in [-0.39, 0.29) is 11.5 Å². The Labute approximate surface area is 105 Å². The van der Waals surface area contributed by atoms with Gasteiger partial charge in [0.05, 0.1) is 6.21 Å². The number of nitrogens with one attached hydrogen (secondary N) is 2. The van der Waals surface area contributed by atoms with Crippen molar-refractivity contribution >= 4 is 28.1 Å². The maximum Gasteiger partial charge on any atom is 0.271 e. The number of hydrazone groups is 1. The number of hydrogen-bond acceptors (Lipinski definition) is 5. The minimum Gasteiger partial charge on any atom is -0.289 e. The summed E-state index contributed by atoms with van der Waals surface area (Å²) in [5, 5.41) is 11.1. The molecule has 0 aliphatic carbocycles. The molecule has 0 saturated carbocycles. The molecule has 0 amide bonds. The van der Waals surface area contributed by atoms with E-state index in [4.69, 9.17) is 0 Å². The van der Waals surface area contributed by atoms with E-state index in [9.17, 15) is 4.79 Å². The SMILES string of the molecule is O=c1cnnc(N/N=C\c2ccc(Br)cc2)[nH]1. The zero-order valence-electron chi connectivity index (χ0n) is 8.59. The van der Waals surface area contributed by atoms with Gasteiger partial charge in [-0.25, -0.2) is 5.43 Å². The zero-order valence-corrected chi connectivity index (χ0v) is 10.2. The maximum absolute atomic E-state index is 10.9. The first-order chi connectivity index (χ1) is 8.24. The third-order valence-corrected chi connectivity index (χ3v) is 2.36. The number of rotatable bonds is 3. The summed E-state index contributed by atoms with van der Waals surface area (Å²) in [6, 6.07) is 7.61. The fourth-order valence-corrected chi connectivity index (χ4v) is 1.34. The standard InChI is InChI=1S/C10H8BrN5O/c11-8-3-1-7(2-4-8)5-12-15-10-14-9(17)6-13-16-10/h1-6H,(H2,14,15,16,17)/b12-5-. The smallest absolute Gasteiger partial charge is 0.271 e. The Balaban J connectivity index is 2.02. The molecule has 7 heteroatoms. The van der Waals surface area contributed by atoms with E-state index >= 15 is 0 Å². The van der Waals surface area contributed by atoms with Crippen LogP contribution in [0.1, 0.15) is 5.56 Å². The number of aromatic nitrogens is 3. The summed E-state index contributed by atoms with van der Waals surface area (Å²) in [6.07, 6.45) is 2.70. The molecule has 0 aliphatic heterocycles. The van der Waals surface area contributed by atoms with Crippen molar-refractivity contribution in [3.05, 3.63) is 50.9 Å². The molecule has 86 valence electrons. The number of nitrogens with zero attached hydrogens (tertiary/aromatic N) is 3. The number of benzene rings is 1. The molecule has 2 aromatic rings. The Morgan fingerprint density at radius 2 is 2.12 bits per heavy atom. The highest BCUT2D eigenvalue weighted by atomic mass is 79.9. The summed E-state index contributed by atoms with van der Waals surface area (Å²) in [7, 11) is 0. The van der Waals surface area contributed by atoms with Crippen LogP contribution in [-0.2, 0) is 0 Å². The highest BCUT2D eigenvalue weighted by Crippen LogP contribution is 2.08. The van der Waals surface area contributed by atoms with Gasteiger partial charge in [-0.1, -0.05) is 28.1 Å². The second kappa shape index (κ2) is 5.35. The lowest BCUT2D eigenvalue weighted by Crippen LogP contribution is -2.10. The fraction of sp³-hybridized carbons (Fsp3) is 0. The molecule has 0 bridgehead atoms. The molecule has 0 atom stereocenters. The van der Waals surface area contributed by atoms with Gasteiger partial charge in [-0.3, -0.25) is 9.78 Å². The first kappa shape index (κ1) is 11.5. The fourth-order valence-electron chi connectivity index (χ4n) is 1.08. The maximum atomic E-state index is 10.9. The Hall–Kier alpha value is -2.02. The van der Waals surface area contributed by atoms with Crippen molar-refractivity contribution in [2.75, 3.05) is 5.43 Å². The van der Waals surface area contributed by atoms with Gasteiger partial charge < -0.3 is 0 Å². The quantitative estimate of drug-likeness (QED) is 0.661. The number of anilines is 1. The Kier molecular flexibility index (Phi) is 3.61. The Morgan fingerprint density at radius 1 is 1.35 bits per heavy atom. The van der Waals surface area contributed by atoms with Crippen molar-refractivity contribution in [3.8, 4) is 0 Å². The monoisotopic (exact) mass is 293 g/mol. The van der Waals surface area contributed by atoms with Crippen molar-refractivity contribution in [3.63, 3.8) is 0 Å². The number of halogens is 1. The van der Waals surface area contributed by atoms with Crippen molar-refractivity contribution in [2.45, 2.75) is 0 Å². The molecular weight excluding hydrogens is 286 g/mol. The average molecular weight is 294 g/mol. The van der Waals surface area contributed by atoms with E-state index in [1.165, 1.54) is 0 Å². The molecule has 0 fully saturated rings. The van der Waals surface area contributed by atoms with Crippen LogP contribution in [-0.4, -0.2) is 21.4 Å². The zero-order chi connectivity index (χ0) is 12.1. The number of H-pyrrole nitrogens is 1. The molecule has 1 aromatic carbocycles. The molecule has 6 nitrogen and oxygen atoms in total. The van der Waals surface area contributed by atoms with Gasteiger partial charge >= 0.3 is 0 Å². The van der Waals surface area contributed by atoms with Gasteiger partial charge in [0, 0.05) is 4.47 Å². The minimum atomic E-state index is -0.332. The van der Waals surface area contributed by atoms with Crippen LogP contribution in [0.5, 0.6) is 0 Å². The molecule has 0 saturated heterocycles. The summed E-state index contributed by atoms with van der Waals surface area (Å²) >= 11 is 3.34. The van der Waals surface area contributed by atoms with Crippen molar-refractivity contribution in [2.24, 2.45) is 5.10 Å². The summed E-state index contributed by atoms with van der Waals surface area (Å²) in [4.78, 5) is 13.3. The van der Waals surface area contributed by atoms with Crippen LogP contribution >= 0.6 is 15.9 Å². The van der Waals surface area contributed by atoms with E-state index < -0.39 is 0 Å². The predicted octanol–water partition coefficient (Wildman–Crippen LogP) is 1.37. The van der Waals surface area contributed by atoms with Crippen LogP contribution in [0, 0.1) is 0 Å². The van der Waals surface area contributed by atoms with Crippen LogP contribution < -0.4 is 11.0 Å². The molecule has 0 radical (unpaired) electrons. The van der Waals surface area contributed by atoms with E-state index in [1.54, 1.807) is 6.21 Å². The van der Waals surface area contributed by atoms with E-state index in [1.807, 2.05) is 24.3 Å². The third kappa shape index (κ3) is 3.49. The lowest BCUT2D eigenvalue weighted by molar-refractivity contribution is 0.939. The molecular formula is C10H8BrN5O. The highest BCUT2D eigenvalue weighted by molar-refractivity contribution is 9.10. The second-order valence-corrected chi connectivity index (χ2v) is 4.02. The Morgan fingerprint density at radius 3 is 2.82 bits per heavy atom. The molecule has 2 N–H and O–H groups in total. The van der Waals surface area contributed by atoms with E-state index in [2.05, 4.69) is 41.6 Å². The van der Waals surface area contributed by atoms with Crippen LogP contribution in [0.2, 0.25) is 0 Å². The van der Waals surface area contributed by atoms with E-state index in [0.29, 0.717) is 0 Å². The molecule has 2 rings (SSSR count). The normalized spacial score (nSPS) is 10.6. The predicted molar refractivity (Wildman–Crippen MR) is 68.0 cm³/mol. The summed E-state index contributed by atoms with van der Waals surface area (Å²) < 4.78 is 1.00. The summed E-state index contributed by atoms with van der Waals surface area (Å²) in [5.74, 6) is 0.200. The molecule has 0 unspecified atom stereocenters. The summed E-state index contributed by atoms with van der Waals surface area (Å²) in [6.45, 7) is 0. The largest absolute Gasteiger partial charge is 0.289 e. The summed E-state index contributed by atoms with van der Waals surface area (Å²) in [5.41, 5.74) is 3.17. The molecule has 0 spiro atoms. The topological polar surface area (TPSA) is 83.0 Å². The molecule has 0 aliphatic rings. The number of hydrogen-bond donors (Lipinski definition) is 2. The first-order valence-corrected chi connectivity index (χ1v) is 5.50. The third-order valence-electron chi connectivity index (χ3n) is 1.83. The van der Waals surface area contributed by atoms with Crippen LogP contribution in [0.4, 0.5) is 5.95 Å².